The number of benzene rings is 1. The van der Waals surface area contributed by atoms with Crippen LogP contribution in [0.25, 0.3) is 0 Å². The van der Waals surface area contributed by atoms with Gasteiger partial charge in [-0.05, 0) is 37.7 Å². The summed E-state index contributed by atoms with van der Waals surface area (Å²) in [6, 6.07) is 8.80. The van der Waals surface area contributed by atoms with Gasteiger partial charge in [0.15, 0.2) is 0 Å². The van der Waals surface area contributed by atoms with Gasteiger partial charge in [0.25, 0.3) is 0 Å². The first-order valence-electron chi connectivity index (χ1n) is 7.50. The van der Waals surface area contributed by atoms with E-state index in [9.17, 15) is 0 Å². The number of aryl methyl sites for hydroxylation is 1. The van der Waals surface area contributed by atoms with Gasteiger partial charge < -0.3 is 5.73 Å². The van der Waals surface area contributed by atoms with E-state index in [-0.39, 0.29) is 5.54 Å². The number of rotatable bonds is 3. The summed E-state index contributed by atoms with van der Waals surface area (Å²) in [7, 11) is 0. The molecule has 1 aliphatic carbocycles. The van der Waals surface area contributed by atoms with Gasteiger partial charge in [-0.1, -0.05) is 62.4 Å². The second kappa shape index (κ2) is 5.88. The van der Waals surface area contributed by atoms with Crippen LogP contribution in [0.5, 0.6) is 0 Å². The molecule has 1 fully saturated rings. The zero-order valence-electron chi connectivity index (χ0n) is 11.9. The van der Waals surface area contributed by atoms with Crippen LogP contribution in [-0.2, 0) is 5.54 Å². The summed E-state index contributed by atoms with van der Waals surface area (Å²) >= 11 is 0. The van der Waals surface area contributed by atoms with Crippen molar-refractivity contribution in [2.24, 2.45) is 11.7 Å². The average Bonchev–Trinajstić information content (AvgIpc) is 2.54. The fraction of sp³-hybridized carbons (Fsp3) is 0.647. The number of hydrogen-bond donors (Lipinski definition) is 1. The average molecular weight is 245 g/mol. The zero-order chi connectivity index (χ0) is 13.0. The minimum atomic E-state index is -0.0749. The van der Waals surface area contributed by atoms with E-state index in [1.807, 2.05) is 0 Å². The molecular formula is C17H27N. The highest BCUT2D eigenvalue weighted by atomic mass is 14.7. The Balaban J connectivity index is 2.11. The lowest BCUT2D eigenvalue weighted by Crippen LogP contribution is -2.36. The fourth-order valence-electron chi connectivity index (χ4n) is 3.38. The summed E-state index contributed by atoms with van der Waals surface area (Å²) in [6.45, 7) is 4.45. The molecule has 1 heteroatoms. The molecule has 2 N–H and O–H groups in total. The Hall–Kier alpha value is -0.820. The maximum Gasteiger partial charge on any atom is 0.0409 e. The van der Waals surface area contributed by atoms with Gasteiger partial charge in [0, 0.05) is 5.54 Å². The summed E-state index contributed by atoms with van der Waals surface area (Å²) < 4.78 is 0. The van der Waals surface area contributed by atoms with Crippen molar-refractivity contribution in [3.8, 4) is 0 Å². The van der Waals surface area contributed by atoms with Crippen LogP contribution in [0.4, 0.5) is 0 Å². The molecule has 100 valence electrons. The van der Waals surface area contributed by atoms with Crippen LogP contribution >= 0.6 is 0 Å². The lowest BCUT2D eigenvalue weighted by atomic mass is 9.83. The molecule has 1 aliphatic rings. The zero-order valence-corrected chi connectivity index (χ0v) is 11.9. The van der Waals surface area contributed by atoms with E-state index in [0.29, 0.717) is 0 Å². The molecule has 0 radical (unpaired) electrons. The van der Waals surface area contributed by atoms with E-state index in [0.717, 1.165) is 18.8 Å². The molecule has 0 saturated heterocycles. The molecule has 1 aromatic carbocycles. The second-order valence-corrected chi connectivity index (χ2v) is 6.11. The lowest BCUT2D eigenvalue weighted by Gasteiger charge is -2.29. The highest BCUT2D eigenvalue weighted by Crippen LogP contribution is 2.37. The Kier molecular flexibility index (Phi) is 4.45. The minimum Gasteiger partial charge on any atom is -0.321 e. The van der Waals surface area contributed by atoms with Gasteiger partial charge >= 0.3 is 0 Å². The van der Waals surface area contributed by atoms with E-state index in [1.165, 1.54) is 43.2 Å². The van der Waals surface area contributed by atoms with E-state index in [2.05, 4.69) is 38.1 Å². The highest BCUT2D eigenvalue weighted by molar-refractivity contribution is 5.28. The molecule has 0 spiro atoms. The maximum atomic E-state index is 6.71. The van der Waals surface area contributed by atoms with Crippen molar-refractivity contribution in [2.45, 2.75) is 64.3 Å². The van der Waals surface area contributed by atoms with Crippen LogP contribution in [0.3, 0.4) is 0 Å². The standard InChI is InChI=1S/C17H27N/c1-3-6-15-8-5-11-17(18,12-10-15)16-9-4-7-14(2)13-16/h4,7,9,13,15H,3,5-6,8,10-12,18H2,1-2H3. The molecule has 0 aliphatic heterocycles. The molecule has 2 unspecified atom stereocenters. The van der Waals surface area contributed by atoms with Gasteiger partial charge in [0.05, 0.1) is 0 Å². The monoisotopic (exact) mass is 245 g/mol. The van der Waals surface area contributed by atoms with Gasteiger partial charge in [-0.15, -0.1) is 0 Å². The van der Waals surface area contributed by atoms with Crippen molar-refractivity contribution in [1.82, 2.24) is 0 Å². The van der Waals surface area contributed by atoms with Crippen LogP contribution in [0.2, 0.25) is 0 Å². The third-order valence-electron chi connectivity index (χ3n) is 4.52. The minimum absolute atomic E-state index is 0.0749. The summed E-state index contributed by atoms with van der Waals surface area (Å²) in [5.74, 6) is 0.908. The van der Waals surface area contributed by atoms with Crippen LogP contribution in [0.15, 0.2) is 24.3 Å². The van der Waals surface area contributed by atoms with E-state index < -0.39 is 0 Å². The third-order valence-corrected chi connectivity index (χ3v) is 4.52. The van der Waals surface area contributed by atoms with Gasteiger partial charge in [-0.3, -0.25) is 0 Å². The largest absolute Gasteiger partial charge is 0.321 e. The van der Waals surface area contributed by atoms with E-state index in [4.69, 9.17) is 5.73 Å². The quantitative estimate of drug-likeness (QED) is 0.778. The Morgan fingerprint density at radius 1 is 1.28 bits per heavy atom. The fourth-order valence-corrected chi connectivity index (χ4v) is 3.38. The molecule has 1 saturated carbocycles. The first-order chi connectivity index (χ1) is 8.64. The first-order valence-corrected chi connectivity index (χ1v) is 7.50. The maximum absolute atomic E-state index is 6.71. The van der Waals surface area contributed by atoms with Crippen LogP contribution in [0, 0.1) is 12.8 Å². The van der Waals surface area contributed by atoms with Crippen molar-refractivity contribution in [3.05, 3.63) is 35.4 Å². The molecule has 2 rings (SSSR count). The lowest BCUT2D eigenvalue weighted by molar-refractivity contribution is 0.367. The molecule has 1 nitrogen and oxygen atoms in total. The second-order valence-electron chi connectivity index (χ2n) is 6.11. The van der Waals surface area contributed by atoms with E-state index >= 15 is 0 Å². The van der Waals surface area contributed by atoms with Gasteiger partial charge in [0.2, 0.25) is 0 Å². The van der Waals surface area contributed by atoms with Crippen molar-refractivity contribution in [3.63, 3.8) is 0 Å². The number of nitrogens with two attached hydrogens (primary N) is 1. The van der Waals surface area contributed by atoms with Crippen LogP contribution < -0.4 is 5.73 Å². The SMILES string of the molecule is CCCC1CCCC(N)(c2cccc(C)c2)CC1. The molecule has 0 bridgehead atoms. The van der Waals surface area contributed by atoms with Gasteiger partial charge in [-0.2, -0.15) is 0 Å². The molecule has 2 atom stereocenters. The Morgan fingerprint density at radius 2 is 2.11 bits per heavy atom. The van der Waals surface area contributed by atoms with Gasteiger partial charge in [0.1, 0.15) is 0 Å². The summed E-state index contributed by atoms with van der Waals surface area (Å²) in [6.07, 6.45) is 8.96. The number of hydrogen-bond acceptors (Lipinski definition) is 1. The Morgan fingerprint density at radius 3 is 2.83 bits per heavy atom. The normalized spacial score (nSPS) is 28.9. The topological polar surface area (TPSA) is 26.0 Å². The van der Waals surface area contributed by atoms with Crippen molar-refractivity contribution < 1.29 is 0 Å². The summed E-state index contributed by atoms with van der Waals surface area (Å²) in [5.41, 5.74) is 9.31. The molecule has 18 heavy (non-hydrogen) atoms. The van der Waals surface area contributed by atoms with Crippen LogP contribution in [0.1, 0.15) is 63.0 Å². The molecule has 0 heterocycles. The molecular weight excluding hydrogens is 218 g/mol. The molecule has 0 aromatic heterocycles. The summed E-state index contributed by atoms with van der Waals surface area (Å²) in [5, 5.41) is 0. The van der Waals surface area contributed by atoms with E-state index in [1.54, 1.807) is 0 Å². The smallest absolute Gasteiger partial charge is 0.0409 e. The Bertz CT molecular complexity index is 385. The Labute approximate surface area is 112 Å². The van der Waals surface area contributed by atoms with Crippen LogP contribution in [-0.4, -0.2) is 0 Å². The van der Waals surface area contributed by atoms with Crippen molar-refractivity contribution >= 4 is 0 Å². The molecule has 0 amide bonds. The highest BCUT2D eigenvalue weighted by Gasteiger charge is 2.30. The summed E-state index contributed by atoms with van der Waals surface area (Å²) in [4.78, 5) is 0. The molecule has 1 aromatic rings. The predicted octanol–water partition coefficient (Wildman–Crippen LogP) is 4.53. The van der Waals surface area contributed by atoms with Crippen molar-refractivity contribution in [2.75, 3.05) is 0 Å². The first kappa shape index (κ1) is 13.6. The van der Waals surface area contributed by atoms with Gasteiger partial charge in [-0.25, -0.2) is 0 Å². The third kappa shape index (κ3) is 3.14. The van der Waals surface area contributed by atoms with Crippen molar-refractivity contribution in [1.29, 1.82) is 0 Å². The predicted molar refractivity (Wildman–Crippen MR) is 78.5 cm³/mol.